The van der Waals surface area contributed by atoms with Crippen molar-refractivity contribution in [1.29, 1.82) is 0 Å². The minimum Gasteiger partial charge on any atom is -0.496 e. The van der Waals surface area contributed by atoms with Gasteiger partial charge in [-0.25, -0.2) is 4.79 Å². The molecule has 0 aromatic heterocycles. The van der Waals surface area contributed by atoms with E-state index in [9.17, 15) is 14.7 Å². The molecule has 1 aliphatic rings. The molecule has 3 amide bonds. The number of rotatable bonds is 6. The highest BCUT2D eigenvalue weighted by molar-refractivity contribution is 5.88. The number of carbonyl (C=O) groups excluding carboxylic acids is 2. The molecule has 7 nitrogen and oxygen atoms in total. The Morgan fingerprint density at radius 3 is 2.75 bits per heavy atom. The largest absolute Gasteiger partial charge is 0.496 e. The predicted molar refractivity (Wildman–Crippen MR) is 107 cm³/mol. The van der Waals surface area contributed by atoms with E-state index in [0.29, 0.717) is 19.5 Å². The summed E-state index contributed by atoms with van der Waals surface area (Å²) in [6.07, 6.45) is 0.171. The number of hydrogen-bond acceptors (Lipinski definition) is 4. The fourth-order valence-electron chi connectivity index (χ4n) is 3.73. The van der Waals surface area contributed by atoms with Crippen LogP contribution in [0.15, 0.2) is 36.4 Å². The average Bonchev–Trinajstić information content (AvgIpc) is 3.08. The maximum Gasteiger partial charge on any atom is 0.317 e. The number of likely N-dealkylation sites (tertiary alicyclic amines) is 1. The zero-order valence-electron chi connectivity index (χ0n) is 16.3. The number of urea groups is 1. The smallest absolute Gasteiger partial charge is 0.317 e. The van der Waals surface area contributed by atoms with Crippen molar-refractivity contribution in [3.63, 3.8) is 0 Å². The van der Waals surface area contributed by atoms with Crippen LogP contribution >= 0.6 is 0 Å². The first kappa shape index (κ1) is 19.9. The summed E-state index contributed by atoms with van der Waals surface area (Å²) in [5.41, 5.74) is 1.06. The number of β-amino-alcohol motifs (C(OH)–C–C–N with tert-alkyl or cyclic N) is 1. The molecule has 7 heteroatoms. The molecular weight excluding hydrogens is 358 g/mol. The summed E-state index contributed by atoms with van der Waals surface area (Å²) in [4.78, 5) is 25.6. The van der Waals surface area contributed by atoms with Gasteiger partial charge in [-0.3, -0.25) is 4.79 Å². The Morgan fingerprint density at radius 1 is 1.21 bits per heavy atom. The van der Waals surface area contributed by atoms with Crippen LogP contribution in [0.4, 0.5) is 4.79 Å². The van der Waals surface area contributed by atoms with Crippen LogP contribution in [0.5, 0.6) is 5.75 Å². The number of hydrogen-bond donors (Lipinski definition) is 3. The number of nitrogens with one attached hydrogen (secondary N) is 2. The van der Waals surface area contributed by atoms with Crippen molar-refractivity contribution in [3.05, 3.63) is 42.0 Å². The van der Waals surface area contributed by atoms with Crippen LogP contribution < -0.4 is 15.4 Å². The summed E-state index contributed by atoms with van der Waals surface area (Å²) >= 11 is 0. The Hall–Kier alpha value is -2.80. The van der Waals surface area contributed by atoms with Gasteiger partial charge in [-0.15, -0.1) is 0 Å². The first-order valence-electron chi connectivity index (χ1n) is 9.49. The third kappa shape index (κ3) is 4.36. The van der Waals surface area contributed by atoms with Gasteiger partial charge in [0.1, 0.15) is 5.75 Å². The fraction of sp³-hybridized carbons (Fsp3) is 0.429. The molecule has 3 N–H and O–H groups in total. The van der Waals surface area contributed by atoms with Gasteiger partial charge in [-0.1, -0.05) is 30.3 Å². The van der Waals surface area contributed by atoms with Crippen LogP contribution in [-0.4, -0.2) is 61.8 Å². The highest BCUT2D eigenvalue weighted by Crippen LogP contribution is 2.28. The first-order chi connectivity index (χ1) is 13.5. The van der Waals surface area contributed by atoms with E-state index in [1.807, 2.05) is 24.3 Å². The molecule has 2 atom stereocenters. The average molecular weight is 385 g/mol. The normalized spacial score (nSPS) is 18.9. The number of aliphatic hydroxyl groups is 1. The second kappa shape index (κ2) is 8.93. The maximum atomic E-state index is 12.5. The highest BCUT2D eigenvalue weighted by atomic mass is 16.5. The Balaban J connectivity index is 1.59. The van der Waals surface area contributed by atoms with Crippen LogP contribution in [0.2, 0.25) is 0 Å². The lowest BCUT2D eigenvalue weighted by atomic mass is 10.0. The number of amides is 3. The quantitative estimate of drug-likeness (QED) is 0.703. The minimum absolute atomic E-state index is 0.130. The number of ether oxygens (including phenoxy) is 1. The summed E-state index contributed by atoms with van der Waals surface area (Å²) < 4.78 is 5.49. The van der Waals surface area contributed by atoms with Gasteiger partial charge in [-0.05, 0) is 23.3 Å². The van der Waals surface area contributed by atoms with Crippen LogP contribution in [0.25, 0.3) is 10.8 Å². The Bertz CT molecular complexity index is 855. The Labute approximate surface area is 164 Å². The number of fused-ring (bicyclic) bond motifs is 1. The zero-order valence-corrected chi connectivity index (χ0v) is 16.3. The van der Waals surface area contributed by atoms with E-state index in [2.05, 4.69) is 22.8 Å². The van der Waals surface area contributed by atoms with Crippen LogP contribution in [0.1, 0.15) is 12.0 Å². The third-order valence-electron chi connectivity index (χ3n) is 5.29. The van der Waals surface area contributed by atoms with Gasteiger partial charge in [0.05, 0.1) is 13.2 Å². The van der Waals surface area contributed by atoms with Gasteiger partial charge in [0, 0.05) is 44.6 Å². The minimum atomic E-state index is -0.679. The second-order valence-corrected chi connectivity index (χ2v) is 7.06. The van der Waals surface area contributed by atoms with E-state index < -0.39 is 6.10 Å². The van der Waals surface area contributed by atoms with Gasteiger partial charge in [-0.2, -0.15) is 0 Å². The van der Waals surface area contributed by atoms with Crippen molar-refractivity contribution in [2.75, 3.05) is 33.8 Å². The summed E-state index contributed by atoms with van der Waals surface area (Å²) in [6, 6.07) is 11.8. The third-order valence-corrected chi connectivity index (χ3v) is 5.29. The molecule has 0 saturated carbocycles. The Kier molecular flexibility index (Phi) is 6.36. The topological polar surface area (TPSA) is 90.9 Å². The molecule has 3 rings (SSSR count). The highest BCUT2D eigenvalue weighted by Gasteiger charge is 2.35. The van der Waals surface area contributed by atoms with Crippen molar-refractivity contribution in [2.45, 2.75) is 18.9 Å². The maximum absolute atomic E-state index is 12.5. The summed E-state index contributed by atoms with van der Waals surface area (Å²) in [5.74, 6) is 0.438. The van der Waals surface area contributed by atoms with Crippen molar-refractivity contribution >= 4 is 22.7 Å². The van der Waals surface area contributed by atoms with E-state index >= 15 is 0 Å². The van der Waals surface area contributed by atoms with Gasteiger partial charge < -0.3 is 25.4 Å². The SMILES string of the molecule is CNC(=O)C[C@@H]1CN(C(=O)NCCc2c(OC)ccc3ccccc23)C[C@H]1O. The number of nitrogens with zero attached hydrogens (tertiary/aromatic N) is 1. The molecule has 2 aromatic carbocycles. The van der Waals surface area contributed by atoms with Crippen molar-refractivity contribution in [2.24, 2.45) is 5.92 Å². The Morgan fingerprint density at radius 2 is 2.00 bits per heavy atom. The molecule has 150 valence electrons. The molecule has 0 unspecified atom stereocenters. The van der Waals surface area contributed by atoms with Crippen molar-refractivity contribution < 1.29 is 19.4 Å². The molecule has 0 aliphatic carbocycles. The lowest BCUT2D eigenvalue weighted by molar-refractivity contribution is -0.122. The van der Waals surface area contributed by atoms with E-state index in [1.165, 1.54) is 0 Å². The molecule has 0 spiro atoms. The fourth-order valence-corrected chi connectivity index (χ4v) is 3.73. The monoisotopic (exact) mass is 385 g/mol. The van der Waals surface area contributed by atoms with Crippen molar-refractivity contribution in [1.82, 2.24) is 15.5 Å². The molecule has 2 aromatic rings. The van der Waals surface area contributed by atoms with Crippen molar-refractivity contribution in [3.8, 4) is 5.75 Å². The molecular formula is C21H27N3O4. The van der Waals surface area contributed by atoms with Gasteiger partial charge in [0.15, 0.2) is 0 Å². The van der Waals surface area contributed by atoms with Crippen LogP contribution in [0, 0.1) is 5.92 Å². The van der Waals surface area contributed by atoms with Crippen LogP contribution in [-0.2, 0) is 11.2 Å². The zero-order chi connectivity index (χ0) is 20.1. The molecule has 1 saturated heterocycles. The lowest BCUT2D eigenvalue weighted by Crippen LogP contribution is -2.40. The summed E-state index contributed by atoms with van der Waals surface area (Å²) in [6.45, 7) is 1.07. The van der Waals surface area contributed by atoms with E-state index in [-0.39, 0.29) is 30.8 Å². The van der Waals surface area contributed by atoms with E-state index in [4.69, 9.17) is 4.74 Å². The van der Waals surface area contributed by atoms with Crippen LogP contribution in [0.3, 0.4) is 0 Å². The molecule has 0 bridgehead atoms. The molecule has 28 heavy (non-hydrogen) atoms. The number of benzene rings is 2. The molecule has 1 heterocycles. The number of methoxy groups -OCH3 is 1. The lowest BCUT2D eigenvalue weighted by Gasteiger charge is -2.18. The predicted octanol–water partition coefficient (Wildman–Crippen LogP) is 1.53. The first-order valence-corrected chi connectivity index (χ1v) is 9.49. The second-order valence-electron chi connectivity index (χ2n) is 7.06. The summed E-state index contributed by atoms with van der Waals surface area (Å²) in [5, 5.41) is 17.8. The van der Waals surface area contributed by atoms with E-state index in [0.717, 1.165) is 22.1 Å². The molecule has 1 aliphatic heterocycles. The summed E-state index contributed by atoms with van der Waals surface area (Å²) in [7, 11) is 3.21. The van der Waals surface area contributed by atoms with Gasteiger partial charge >= 0.3 is 6.03 Å². The van der Waals surface area contributed by atoms with Gasteiger partial charge in [0.25, 0.3) is 0 Å². The molecule has 0 radical (unpaired) electrons. The number of carbonyl (C=O) groups is 2. The number of aliphatic hydroxyl groups excluding tert-OH is 1. The standard InChI is InChI=1S/C21H27N3O4/c1-22-20(26)11-15-12-24(13-18(15)25)21(27)23-10-9-17-16-6-4-3-5-14(16)7-8-19(17)28-2/h3-8,15,18,25H,9-13H2,1-2H3,(H,22,26)(H,23,27)/t15-,18-/m1/s1. The van der Waals surface area contributed by atoms with Gasteiger partial charge in [0.2, 0.25) is 5.91 Å². The molecule has 1 fully saturated rings. The van der Waals surface area contributed by atoms with E-state index in [1.54, 1.807) is 19.1 Å².